The average molecular weight is 185 g/mol. The summed E-state index contributed by atoms with van der Waals surface area (Å²) in [4.78, 5) is 21.9. The van der Waals surface area contributed by atoms with Crippen molar-refractivity contribution >= 4 is 11.9 Å². The topological polar surface area (TPSA) is 66.4 Å². The summed E-state index contributed by atoms with van der Waals surface area (Å²) in [6.45, 7) is 4.57. The smallest absolute Gasteiger partial charge is 0.316 e. The SMILES string of the molecule is CC(C)CC1CNC(=O)C1C(=O)O. The van der Waals surface area contributed by atoms with Gasteiger partial charge in [0.2, 0.25) is 5.91 Å². The summed E-state index contributed by atoms with van der Waals surface area (Å²) < 4.78 is 0. The summed E-state index contributed by atoms with van der Waals surface area (Å²) in [6, 6.07) is 0. The summed E-state index contributed by atoms with van der Waals surface area (Å²) in [6.07, 6.45) is 0.787. The predicted molar refractivity (Wildman–Crippen MR) is 47.1 cm³/mol. The Balaban J connectivity index is 2.64. The van der Waals surface area contributed by atoms with Gasteiger partial charge in [-0.25, -0.2) is 0 Å². The summed E-state index contributed by atoms with van der Waals surface area (Å²) in [5, 5.41) is 11.4. The van der Waals surface area contributed by atoms with E-state index in [1.165, 1.54) is 0 Å². The Morgan fingerprint density at radius 1 is 1.69 bits per heavy atom. The van der Waals surface area contributed by atoms with Crippen molar-refractivity contribution in [1.29, 1.82) is 0 Å². The van der Waals surface area contributed by atoms with Crippen molar-refractivity contribution in [2.24, 2.45) is 17.8 Å². The second-order valence-corrected chi connectivity index (χ2v) is 3.95. The quantitative estimate of drug-likeness (QED) is 0.628. The molecule has 1 fully saturated rings. The van der Waals surface area contributed by atoms with E-state index in [0.717, 1.165) is 6.42 Å². The van der Waals surface area contributed by atoms with Crippen LogP contribution in [0.5, 0.6) is 0 Å². The number of carbonyl (C=O) groups is 2. The third kappa shape index (κ3) is 2.20. The molecule has 1 saturated heterocycles. The van der Waals surface area contributed by atoms with E-state index in [2.05, 4.69) is 5.32 Å². The number of hydrogen-bond acceptors (Lipinski definition) is 2. The molecule has 1 aliphatic rings. The highest BCUT2D eigenvalue weighted by atomic mass is 16.4. The molecule has 0 aromatic carbocycles. The van der Waals surface area contributed by atoms with Crippen molar-refractivity contribution in [1.82, 2.24) is 5.32 Å². The van der Waals surface area contributed by atoms with Gasteiger partial charge in [0.15, 0.2) is 0 Å². The van der Waals surface area contributed by atoms with Gasteiger partial charge in [0.1, 0.15) is 5.92 Å². The zero-order valence-electron chi connectivity index (χ0n) is 7.91. The van der Waals surface area contributed by atoms with Gasteiger partial charge >= 0.3 is 5.97 Å². The molecule has 0 aliphatic carbocycles. The summed E-state index contributed by atoms with van der Waals surface area (Å²) in [5.41, 5.74) is 0. The minimum Gasteiger partial charge on any atom is -0.481 e. The monoisotopic (exact) mass is 185 g/mol. The van der Waals surface area contributed by atoms with Gasteiger partial charge in [0, 0.05) is 6.54 Å². The molecule has 0 aromatic heterocycles. The zero-order valence-corrected chi connectivity index (χ0v) is 7.91. The third-order valence-electron chi connectivity index (χ3n) is 2.33. The Morgan fingerprint density at radius 3 is 2.77 bits per heavy atom. The number of carbonyl (C=O) groups excluding carboxylic acids is 1. The Kier molecular flexibility index (Phi) is 2.90. The highest BCUT2D eigenvalue weighted by molar-refractivity contribution is 5.98. The molecule has 2 N–H and O–H groups in total. The fourth-order valence-corrected chi connectivity index (χ4v) is 1.81. The first kappa shape index (κ1) is 10.0. The Bertz CT molecular complexity index is 225. The molecular formula is C9H15NO3. The number of rotatable bonds is 3. The van der Waals surface area contributed by atoms with E-state index in [0.29, 0.717) is 12.5 Å². The largest absolute Gasteiger partial charge is 0.481 e. The summed E-state index contributed by atoms with van der Waals surface area (Å²) >= 11 is 0. The minimum atomic E-state index is -0.999. The third-order valence-corrected chi connectivity index (χ3v) is 2.33. The number of nitrogens with one attached hydrogen (secondary N) is 1. The Morgan fingerprint density at radius 2 is 2.31 bits per heavy atom. The van der Waals surface area contributed by atoms with Crippen LogP contribution < -0.4 is 5.32 Å². The Hall–Kier alpha value is -1.06. The van der Waals surface area contributed by atoms with Crippen LogP contribution in [0, 0.1) is 17.8 Å². The van der Waals surface area contributed by atoms with E-state index < -0.39 is 11.9 Å². The number of carboxylic acid groups (broad SMARTS) is 1. The lowest BCUT2D eigenvalue weighted by Gasteiger charge is -2.14. The first-order valence-corrected chi connectivity index (χ1v) is 4.53. The molecule has 13 heavy (non-hydrogen) atoms. The van der Waals surface area contributed by atoms with Gasteiger partial charge in [-0.15, -0.1) is 0 Å². The van der Waals surface area contributed by atoms with Gasteiger partial charge in [0.05, 0.1) is 0 Å². The van der Waals surface area contributed by atoms with Crippen LogP contribution in [0.25, 0.3) is 0 Å². The normalized spacial score (nSPS) is 27.8. The first-order chi connectivity index (χ1) is 6.02. The molecule has 2 atom stereocenters. The molecule has 1 heterocycles. The van der Waals surface area contributed by atoms with Crippen LogP contribution >= 0.6 is 0 Å². The van der Waals surface area contributed by atoms with Gasteiger partial charge in [-0.2, -0.15) is 0 Å². The fourth-order valence-electron chi connectivity index (χ4n) is 1.81. The van der Waals surface area contributed by atoms with E-state index >= 15 is 0 Å². The maximum absolute atomic E-state index is 11.1. The van der Waals surface area contributed by atoms with E-state index in [1.54, 1.807) is 0 Å². The van der Waals surface area contributed by atoms with Crippen molar-refractivity contribution in [3.63, 3.8) is 0 Å². The molecule has 74 valence electrons. The zero-order chi connectivity index (χ0) is 10.0. The lowest BCUT2D eigenvalue weighted by atomic mass is 9.88. The van der Waals surface area contributed by atoms with Gasteiger partial charge in [-0.3, -0.25) is 9.59 Å². The maximum Gasteiger partial charge on any atom is 0.316 e. The van der Waals surface area contributed by atoms with Crippen LogP contribution in [0.1, 0.15) is 20.3 Å². The first-order valence-electron chi connectivity index (χ1n) is 4.53. The van der Waals surface area contributed by atoms with Crippen molar-refractivity contribution in [3.8, 4) is 0 Å². The standard InChI is InChI=1S/C9H15NO3/c1-5(2)3-6-4-10-8(11)7(6)9(12)13/h5-7H,3-4H2,1-2H3,(H,10,11)(H,12,13). The van der Waals surface area contributed by atoms with Crippen molar-refractivity contribution < 1.29 is 14.7 Å². The van der Waals surface area contributed by atoms with Crippen LogP contribution in [0.3, 0.4) is 0 Å². The van der Waals surface area contributed by atoms with Crippen LogP contribution in [0.15, 0.2) is 0 Å². The molecule has 4 nitrogen and oxygen atoms in total. The maximum atomic E-state index is 11.1. The van der Waals surface area contributed by atoms with Crippen molar-refractivity contribution in [3.05, 3.63) is 0 Å². The molecular weight excluding hydrogens is 170 g/mol. The highest BCUT2D eigenvalue weighted by Gasteiger charge is 2.40. The van der Waals surface area contributed by atoms with E-state index in [1.807, 2.05) is 13.8 Å². The van der Waals surface area contributed by atoms with Crippen molar-refractivity contribution in [2.75, 3.05) is 6.54 Å². The molecule has 0 aromatic rings. The van der Waals surface area contributed by atoms with Gasteiger partial charge in [-0.05, 0) is 18.3 Å². The molecule has 0 bridgehead atoms. The van der Waals surface area contributed by atoms with E-state index in [9.17, 15) is 9.59 Å². The number of aliphatic carboxylic acids is 1. The lowest BCUT2D eigenvalue weighted by Crippen LogP contribution is -2.27. The molecule has 0 spiro atoms. The van der Waals surface area contributed by atoms with Crippen LogP contribution in [0.2, 0.25) is 0 Å². The second-order valence-electron chi connectivity index (χ2n) is 3.95. The van der Waals surface area contributed by atoms with Crippen LogP contribution in [-0.2, 0) is 9.59 Å². The summed E-state index contributed by atoms with van der Waals surface area (Å²) in [7, 11) is 0. The number of amides is 1. The Labute approximate surface area is 77.3 Å². The van der Waals surface area contributed by atoms with E-state index in [-0.39, 0.29) is 11.8 Å². The molecule has 4 heteroatoms. The molecule has 1 amide bonds. The molecule has 1 rings (SSSR count). The average Bonchev–Trinajstić information content (AvgIpc) is 2.30. The highest BCUT2D eigenvalue weighted by Crippen LogP contribution is 2.24. The number of hydrogen-bond donors (Lipinski definition) is 2. The van der Waals surface area contributed by atoms with Crippen LogP contribution in [-0.4, -0.2) is 23.5 Å². The van der Waals surface area contributed by atoms with Gasteiger partial charge < -0.3 is 10.4 Å². The molecule has 2 unspecified atom stereocenters. The van der Waals surface area contributed by atoms with Gasteiger partial charge in [0.25, 0.3) is 0 Å². The molecule has 1 aliphatic heterocycles. The van der Waals surface area contributed by atoms with Gasteiger partial charge in [-0.1, -0.05) is 13.8 Å². The molecule has 0 radical (unpaired) electrons. The van der Waals surface area contributed by atoms with E-state index in [4.69, 9.17) is 5.11 Å². The summed E-state index contributed by atoms with van der Waals surface area (Å²) in [5.74, 6) is -1.77. The molecule has 0 saturated carbocycles. The van der Waals surface area contributed by atoms with Crippen LogP contribution in [0.4, 0.5) is 0 Å². The lowest BCUT2D eigenvalue weighted by molar-refractivity contribution is -0.146. The fraction of sp³-hybridized carbons (Fsp3) is 0.778. The number of carboxylic acids is 1. The second kappa shape index (κ2) is 3.77. The predicted octanol–water partition coefficient (Wildman–Crippen LogP) is 0.479. The minimum absolute atomic E-state index is 0.0370. The van der Waals surface area contributed by atoms with Crippen molar-refractivity contribution in [2.45, 2.75) is 20.3 Å².